The molecule has 1 aromatic carbocycles. The first kappa shape index (κ1) is 18.8. The van der Waals surface area contributed by atoms with Gasteiger partial charge < -0.3 is 15.4 Å². The molecule has 0 atom stereocenters. The fraction of sp³-hybridized carbons (Fsp3) is 0.400. The van der Waals surface area contributed by atoms with E-state index in [1.54, 1.807) is 6.20 Å². The Bertz CT molecular complexity index is 649. The van der Waals surface area contributed by atoms with E-state index in [0.29, 0.717) is 26.1 Å². The topological polar surface area (TPSA) is 63.2 Å². The second-order valence-corrected chi connectivity index (χ2v) is 6.88. The van der Waals surface area contributed by atoms with Gasteiger partial charge in [0.25, 0.3) is 0 Å². The van der Waals surface area contributed by atoms with E-state index in [1.165, 1.54) is 5.56 Å². The number of urea groups is 1. The normalized spacial score (nSPS) is 11.0. The largest absolute Gasteiger partial charge is 0.492 e. The minimum Gasteiger partial charge on any atom is -0.492 e. The number of carbonyl (C=O) groups is 1. The molecule has 0 bridgehead atoms. The summed E-state index contributed by atoms with van der Waals surface area (Å²) in [5.41, 5.74) is 2.36. The zero-order valence-corrected chi connectivity index (χ0v) is 15.2. The van der Waals surface area contributed by atoms with Crippen LogP contribution in [0.5, 0.6) is 5.75 Å². The van der Waals surface area contributed by atoms with Crippen molar-refractivity contribution in [1.82, 2.24) is 15.6 Å². The van der Waals surface area contributed by atoms with Crippen molar-refractivity contribution in [2.45, 2.75) is 32.6 Å². The number of carbonyl (C=O) groups excluding carboxylic acids is 1. The number of pyridine rings is 1. The van der Waals surface area contributed by atoms with Gasteiger partial charge in [-0.3, -0.25) is 4.98 Å². The fourth-order valence-electron chi connectivity index (χ4n) is 2.30. The molecule has 0 radical (unpaired) electrons. The number of amides is 2. The van der Waals surface area contributed by atoms with Crippen LogP contribution >= 0.6 is 0 Å². The van der Waals surface area contributed by atoms with Crippen molar-refractivity contribution in [2.75, 3.05) is 19.7 Å². The minimum absolute atomic E-state index is 0.132. The maximum Gasteiger partial charge on any atom is 0.314 e. The molecule has 0 saturated heterocycles. The standard InChI is InChI=1S/C20H27N3O2/c1-20(2,3)16-7-9-18(10-8-16)25-15-14-23-19(24)22-13-11-17-6-4-5-12-21-17/h4-10,12H,11,13-15H2,1-3H3,(H2,22,23,24). The molecule has 2 rings (SSSR count). The molecule has 2 aromatic rings. The summed E-state index contributed by atoms with van der Waals surface area (Å²) in [7, 11) is 0. The molecule has 5 nitrogen and oxygen atoms in total. The number of nitrogens with one attached hydrogen (secondary N) is 2. The van der Waals surface area contributed by atoms with Gasteiger partial charge in [-0.25, -0.2) is 4.79 Å². The third kappa shape index (κ3) is 6.83. The lowest BCUT2D eigenvalue weighted by Gasteiger charge is -2.19. The summed E-state index contributed by atoms with van der Waals surface area (Å²) in [6, 6.07) is 13.6. The van der Waals surface area contributed by atoms with E-state index < -0.39 is 0 Å². The Labute approximate surface area is 149 Å². The van der Waals surface area contributed by atoms with E-state index in [4.69, 9.17) is 4.74 Å². The van der Waals surface area contributed by atoms with Crippen LogP contribution in [-0.2, 0) is 11.8 Å². The predicted molar refractivity (Wildman–Crippen MR) is 100.0 cm³/mol. The van der Waals surface area contributed by atoms with Crippen LogP contribution in [0.3, 0.4) is 0 Å². The average molecular weight is 341 g/mol. The van der Waals surface area contributed by atoms with Gasteiger partial charge in [0, 0.05) is 24.9 Å². The first-order chi connectivity index (χ1) is 11.9. The highest BCUT2D eigenvalue weighted by molar-refractivity contribution is 5.73. The van der Waals surface area contributed by atoms with Crippen molar-refractivity contribution in [3.63, 3.8) is 0 Å². The minimum atomic E-state index is -0.192. The van der Waals surface area contributed by atoms with E-state index in [1.807, 2.05) is 30.3 Å². The van der Waals surface area contributed by atoms with E-state index in [9.17, 15) is 4.79 Å². The third-order valence-electron chi connectivity index (χ3n) is 3.77. The van der Waals surface area contributed by atoms with Crippen molar-refractivity contribution < 1.29 is 9.53 Å². The van der Waals surface area contributed by atoms with Crippen LogP contribution in [0.25, 0.3) is 0 Å². The molecular formula is C20H27N3O2. The highest BCUT2D eigenvalue weighted by atomic mass is 16.5. The lowest BCUT2D eigenvalue weighted by atomic mass is 9.87. The highest BCUT2D eigenvalue weighted by Crippen LogP contribution is 2.24. The summed E-state index contributed by atoms with van der Waals surface area (Å²) in [5, 5.41) is 5.59. The van der Waals surface area contributed by atoms with Crippen LogP contribution < -0.4 is 15.4 Å². The van der Waals surface area contributed by atoms with Gasteiger partial charge in [-0.1, -0.05) is 39.0 Å². The molecular weight excluding hydrogens is 314 g/mol. The zero-order chi connectivity index (χ0) is 18.1. The molecule has 1 heterocycles. The monoisotopic (exact) mass is 341 g/mol. The van der Waals surface area contributed by atoms with Gasteiger partial charge >= 0.3 is 6.03 Å². The van der Waals surface area contributed by atoms with Gasteiger partial charge in [0.1, 0.15) is 12.4 Å². The maximum atomic E-state index is 11.7. The van der Waals surface area contributed by atoms with Crippen LogP contribution in [-0.4, -0.2) is 30.7 Å². The Morgan fingerprint density at radius 2 is 1.76 bits per heavy atom. The third-order valence-corrected chi connectivity index (χ3v) is 3.77. The number of ether oxygens (including phenoxy) is 1. The molecule has 25 heavy (non-hydrogen) atoms. The van der Waals surface area contributed by atoms with Gasteiger partial charge in [0.15, 0.2) is 0 Å². The van der Waals surface area contributed by atoms with Crippen molar-refractivity contribution in [3.8, 4) is 5.75 Å². The van der Waals surface area contributed by atoms with Crippen LogP contribution in [0.1, 0.15) is 32.0 Å². The Hall–Kier alpha value is -2.56. The first-order valence-corrected chi connectivity index (χ1v) is 8.60. The molecule has 0 aliphatic carbocycles. The van der Waals surface area contributed by atoms with E-state index in [-0.39, 0.29) is 11.4 Å². The van der Waals surface area contributed by atoms with Crippen molar-refractivity contribution in [3.05, 3.63) is 59.9 Å². The van der Waals surface area contributed by atoms with Gasteiger partial charge in [0.05, 0.1) is 6.54 Å². The number of hydrogen-bond acceptors (Lipinski definition) is 3. The highest BCUT2D eigenvalue weighted by Gasteiger charge is 2.12. The Morgan fingerprint density at radius 1 is 1.04 bits per heavy atom. The molecule has 0 unspecified atom stereocenters. The number of benzene rings is 1. The summed E-state index contributed by atoms with van der Waals surface area (Å²) >= 11 is 0. The van der Waals surface area contributed by atoms with E-state index in [2.05, 4.69) is 48.5 Å². The second kappa shape index (κ2) is 9.06. The molecule has 5 heteroatoms. The number of aromatic nitrogens is 1. The Morgan fingerprint density at radius 3 is 2.40 bits per heavy atom. The molecule has 2 amide bonds. The van der Waals surface area contributed by atoms with E-state index in [0.717, 1.165) is 11.4 Å². The second-order valence-electron chi connectivity index (χ2n) is 6.88. The SMILES string of the molecule is CC(C)(C)c1ccc(OCCNC(=O)NCCc2ccccn2)cc1. The average Bonchev–Trinajstić information content (AvgIpc) is 2.59. The number of hydrogen-bond donors (Lipinski definition) is 2. The summed E-state index contributed by atoms with van der Waals surface area (Å²) in [5.74, 6) is 0.811. The zero-order valence-electron chi connectivity index (χ0n) is 15.2. The van der Waals surface area contributed by atoms with Crippen LogP contribution in [0, 0.1) is 0 Å². The lowest BCUT2D eigenvalue weighted by molar-refractivity contribution is 0.236. The van der Waals surface area contributed by atoms with Crippen LogP contribution in [0.15, 0.2) is 48.7 Å². The van der Waals surface area contributed by atoms with Crippen molar-refractivity contribution in [2.24, 2.45) is 0 Å². The van der Waals surface area contributed by atoms with Gasteiger partial charge in [0.2, 0.25) is 0 Å². The number of nitrogens with zero attached hydrogens (tertiary/aromatic N) is 1. The summed E-state index contributed by atoms with van der Waals surface area (Å²) in [6.07, 6.45) is 2.46. The van der Waals surface area contributed by atoms with Crippen molar-refractivity contribution >= 4 is 6.03 Å². The number of rotatable bonds is 7. The van der Waals surface area contributed by atoms with Crippen LogP contribution in [0.4, 0.5) is 4.79 Å². The van der Waals surface area contributed by atoms with Gasteiger partial charge in [-0.15, -0.1) is 0 Å². The predicted octanol–water partition coefficient (Wildman–Crippen LogP) is 3.30. The van der Waals surface area contributed by atoms with Crippen LogP contribution in [0.2, 0.25) is 0 Å². The fourth-order valence-corrected chi connectivity index (χ4v) is 2.30. The molecule has 2 N–H and O–H groups in total. The smallest absolute Gasteiger partial charge is 0.314 e. The van der Waals surface area contributed by atoms with Gasteiger partial charge in [-0.2, -0.15) is 0 Å². The first-order valence-electron chi connectivity index (χ1n) is 8.60. The molecule has 1 aromatic heterocycles. The molecule has 0 fully saturated rings. The quantitative estimate of drug-likeness (QED) is 0.760. The summed E-state index contributed by atoms with van der Waals surface area (Å²) in [6.45, 7) is 7.98. The molecule has 0 aliphatic rings. The molecule has 0 saturated carbocycles. The molecule has 134 valence electrons. The maximum absolute atomic E-state index is 11.7. The lowest BCUT2D eigenvalue weighted by Crippen LogP contribution is -2.38. The Balaban J connectivity index is 1.60. The summed E-state index contributed by atoms with van der Waals surface area (Å²) < 4.78 is 5.65. The van der Waals surface area contributed by atoms with E-state index >= 15 is 0 Å². The van der Waals surface area contributed by atoms with Crippen molar-refractivity contribution in [1.29, 1.82) is 0 Å². The molecule has 0 aliphatic heterocycles. The summed E-state index contributed by atoms with van der Waals surface area (Å²) in [4.78, 5) is 15.9. The van der Waals surface area contributed by atoms with Gasteiger partial charge in [-0.05, 0) is 35.2 Å². The molecule has 0 spiro atoms. The Kier molecular flexibility index (Phi) is 6.81.